The Bertz CT molecular complexity index is 958. The van der Waals surface area contributed by atoms with Crippen LogP contribution in [-0.4, -0.2) is 4.98 Å². The first kappa shape index (κ1) is 16.1. The van der Waals surface area contributed by atoms with Crippen LogP contribution in [0.1, 0.15) is 51.3 Å². The van der Waals surface area contributed by atoms with Gasteiger partial charge in [0, 0.05) is 17.2 Å². The van der Waals surface area contributed by atoms with Crippen molar-refractivity contribution in [1.29, 1.82) is 0 Å². The van der Waals surface area contributed by atoms with Crippen molar-refractivity contribution in [2.45, 2.75) is 45.4 Å². The van der Waals surface area contributed by atoms with E-state index in [2.05, 4.69) is 89.2 Å². The second-order valence-electron chi connectivity index (χ2n) is 8.58. The van der Waals surface area contributed by atoms with E-state index in [9.17, 15) is 0 Å². The molecule has 4 rings (SSSR count). The topological polar surface area (TPSA) is 12.9 Å². The second kappa shape index (κ2) is 5.29. The quantitative estimate of drug-likeness (QED) is 0.507. The summed E-state index contributed by atoms with van der Waals surface area (Å²) in [5, 5.41) is 0. The van der Waals surface area contributed by atoms with Crippen LogP contribution in [0.2, 0.25) is 0 Å². The maximum atomic E-state index is 4.73. The molecule has 1 nitrogen and oxygen atoms in total. The summed E-state index contributed by atoms with van der Waals surface area (Å²) in [6, 6.07) is 19.8. The van der Waals surface area contributed by atoms with Gasteiger partial charge >= 0.3 is 0 Å². The van der Waals surface area contributed by atoms with E-state index in [4.69, 9.17) is 4.98 Å². The molecular formula is C24H25N. The minimum atomic E-state index is -0.0120. The van der Waals surface area contributed by atoms with Gasteiger partial charge in [0.15, 0.2) is 0 Å². The third-order valence-electron chi connectivity index (χ3n) is 5.48. The van der Waals surface area contributed by atoms with E-state index in [1.165, 1.54) is 33.4 Å². The summed E-state index contributed by atoms with van der Waals surface area (Å²) in [7, 11) is 0. The Balaban J connectivity index is 1.97. The largest absolute Gasteiger partial charge is 0.256 e. The molecule has 1 aromatic heterocycles. The summed E-state index contributed by atoms with van der Waals surface area (Å²) in [4.78, 5) is 4.73. The van der Waals surface area contributed by atoms with Crippen LogP contribution < -0.4 is 0 Å². The van der Waals surface area contributed by atoms with Gasteiger partial charge in [-0.3, -0.25) is 4.98 Å². The Hall–Kier alpha value is -2.41. The third-order valence-corrected chi connectivity index (χ3v) is 5.48. The van der Waals surface area contributed by atoms with Crippen molar-refractivity contribution in [1.82, 2.24) is 4.98 Å². The highest BCUT2D eigenvalue weighted by atomic mass is 14.7. The first-order valence-electron chi connectivity index (χ1n) is 9.00. The minimum absolute atomic E-state index is 0.0120. The molecule has 25 heavy (non-hydrogen) atoms. The molecule has 0 N–H and O–H groups in total. The Morgan fingerprint density at radius 1 is 0.800 bits per heavy atom. The van der Waals surface area contributed by atoms with Gasteiger partial charge in [0.05, 0.1) is 5.69 Å². The average Bonchev–Trinajstić information content (AvgIpc) is 2.83. The molecule has 1 heteroatoms. The highest BCUT2D eigenvalue weighted by molar-refractivity contribution is 5.87. The summed E-state index contributed by atoms with van der Waals surface area (Å²) < 4.78 is 0. The maximum absolute atomic E-state index is 4.73. The number of benzene rings is 2. The average molecular weight is 327 g/mol. The second-order valence-corrected chi connectivity index (χ2v) is 8.58. The third kappa shape index (κ3) is 2.41. The Morgan fingerprint density at radius 2 is 1.48 bits per heavy atom. The van der Waals surface area contributed by atoms with Crippen LogP contribution in [0.3, 0.4) is 0 Å². The molecule has 126 valence electrons. The van der Waals surface area contributed by atoms with E-state index >= 15 is 0 Å². The molecule has 0 radical (unpaired) electrons. The van der Waals surface area contributed by atoms with Crippen LogP contribution in [0.15, 0.2) is 60.8 Å². The molecule has 1 aliphatic carbocycles. The van der Waals surface area contributed by atoms with E-state index in [1.807, 2.05) is 6.20 Å². The van der Waals surface area contributed by atoms with Gasteiger partial charge in [0.1, 0.15) is 0 Å². The zero-order chi connectivity index (χ0) is 17.8. The summed E-state index contributed by atoms with van der Waals surface area (Å²) in [5.41, 5.74) is 9.27. The van der Waals surface area contributed by atoms with E-state index in [-0.39, 0.29) is 10.8 Å². The Kier molecular flexibility index (Phi) is 3.40. The van der Waals surface area contributed by atoms with Crippen LogP contribution in [0.5, 0.6) is 0 Å². The predicted octanol–water partition coefficient (Wildman–Crippen LogP) is 6.35. The number of rotatable bonds is 1. The molecule has 2 aromatic carbocycles. The number of pyridine rings is 1. The fourth-order valence-corrected chi connectivity index (χ4v) is 4.11. The lowest BCUT2D eigenvalue weighted by molar-refractivity contribution is 0.589. The molecule has 1 aliphatic rings. The molecule has 0 saturated carbocycles. The first-order chi connectivity index (χ1) is 11.8. The Morgan fingerprint density at radius 3 is 2.24 bits per heavy atom. The molecule has 0 unspecified atom stereocenters. The van der Waals surface area contributed by atoms with Gasteiger partial charge in [0.2, 0.25) is 0 Å². The van der Waals surface area contributed by atoms with Crippen molar-refractivity contribution < 1.29 is 0 Å². The fourth-order valence-electron chi connectivity index (χ4n) is 4.11. The summed E-state index contributed by atoms with van der Waals surface area (Å²) in [5.74, 6) is 0. The molecule has 0 aliphatic heterocycles. The summed E-state index contributed by atoms with van der Waals surface area (Å²) in [6.07, 6.45) is 1.95. The van der Waals surface area contributed by atoms with Gasteiger partial charge in [-0.15, -0.1) is 0 Å². The SMILES string of the molecule is CC(C)(C)c1ccnc(-c2cccc3c2C(C)(C)c2ccccc2-3)c1. The van der Waals surface area contributed by atoms with Crippen molar-refractivity contribution >= 4 is 0 Å². The lowest BCUT2D eigenvalue weighted by Gasteiger charge is -2.25. The van der Waals surface area contributed by atoms with E-state index < -0.39 is 0 Å². The highest BCUT2D eigenvalue weighted by Crippen LogP contribution is 2.51. The standard InChI is InChI=1S/C24H25N/c1-23(2,3)16-13-14-25-21(15-16)19-11-8-10-18-17-9-6-7-12-20(17)24(4,5)22(18)19/h6-15H,1-5H3. The molecular weight excluding hydrogens is 302 g/mol. The van der Waals surface area contributed by atoms with Gasteiger partial charge in [-0.05, 0) is 45.4 Å². The minimum Gasteiger partial charge on any atom is -0.256 e. The summed E-state index contributed by atoms with van der Waals surface area (Å²) in [6.45, 7) is 11.4. The molecule has 0 saturated heterocycles. The fraction of sp³-hybridized carbons (Fsp3) is 0.292. The normalized spacial score (nSPS) is 14.9. The van der Waals surface area contributed by atoms with Gasteiger partial charge in [-0.1, -0.05) is 77.1 Å². The molecule has 0 amide bonds. The van der Waals surface area contributed by atoms with E-state index in [1.54, 1.807) is 0 Å². The van der Waals surface area contributed by atoms with Crippen LogP contribution in [-0.2, 0) is 10.8 Å². The Labute approximate surface area is 150 Å². The summed E-state index contributed by atoms with van der Waals surface area (Å²) >= 11 is 0. The van der Waals surface area contributed by atoms with Gasteiger partial charge < -0.3 is 0 Å². The van der Waals surface area contributed by atoms with E-state index in [0.717, 1.165) is 5.69 Å². The molecule has 0 atom stereocenters. The van der Waals surface area contributed by atoms with Crippen molar-refractivity contribution in [2.24, 2.45) is 0 Å². The van der Waals surface area contributed by atoms with Crippen molar-refractivity contribution in [3.8, 4) is 22.4 Å². The lowest BCUT2D eigenvalue weighted by Crippen LogP contribution is -2.16. The molecule has 1 heterocycles. The van der Waals surface area contributed by atoms with Crippen LogP contribution >= 0.6 is 0 Å². The van der Waals surface area contributed by atoms with Crippen molar-refractivity contribution in [3.05, 3.63) is 77.5 Å². The maximum Gasteiger partial charge on any atom is 0.0708 e. The zero-order valence-corrected chi connectivity index (χ0v) is 15.7. The molecule has 0 bridgehead atoms. The number of aromatic nitrogens is 1. The highest BCUT2D eigenvalue weighted by Gasteiger charge is 2.37. The lowest BCUT2D eigenvalue weighted by atomic mass is 9.79. The monoisotopic (exact) mass is 327 g/mol. The smallest absolute Gasteiger partial charge is 0.0708 e. The number of hydrogen-bond acceptors (Lipinski definition) is 1. The number of nitrogens with zero attached hydrogens (tertiary/aromatic N) is 1. The molecule has 0 fully saturated rings. The number of hydrogen-bond donors (Lipinski definition) is 0. The van der Waals surface area contributed by atoms with Gasteiger partial charge in [-0.2, -0.15) is 0 Å². The van der Waals surface area contributed by atoms with E-state index in [0.29, 0.717) is 0 Å². The van der Waals surface area contributed by atoms with Crippen LogP contribution in [0.25, 0.3) is 22.4 Å². The van der Waals surface area contributed by atoms with Crippen molar-refractivity contribution in [3.63, 3.8) is 0 Å². The van der Waals surface area contributed by atoms with Crippen LogP contribution in [0, 0.1) is 0 Å². The van der Waals surface area contributed by atoms with Gasteiger partial charge in [0.25, 0.3) is 0 Å². The first-order valence-corrected chi connectivity index (χ1v) is 9.00. The predicted molar refractivity (Wildman–Crippen MR) is 106 cm³/mol. The van der Waals surface area contributed by atoms with Crippen molar-refractivity contribution in [2.75, 3.05) is 0 Å². The zero-order valence-electron chi connectivity index (χ0n) is 15.7. The molecule has 3 aromatic rings. The number of fused-ring (bicyclic) bond motifs is 3. The van der Waals surface area contributed by atoms with Crippen LogP contribution in [0.4, 0.5) is 0 Å². The molecule has 0 spiro atoms. The van der Waals surface area contributed by atoms with Gasteiger partial charge in [-0.25, -0.2) is 0 Å².